The van der Waals surface area contributed by atoms with Crippen molar-refractivity contribution in [3.63, 3.8) is 0 Å². The average molecular weight is 358 g/mol. The number of aliphatic hydroxyl groups excluding tert-OH is 5. The van der Waals surface area contributed by atoms with Crippen LogP contribution in [0.15, 0.2) is 23.5 Å². The van der Waals surface area contributed by atoms with Gasteiger partial charge in [0, 0.05) is 11.5 Å². The molecule has 0 aromatic carbocycles. The summed E-state index contributed by atoms with van der Waals surface area (Å²) in [6.45, 7) is -0.801. The molecule has 1 aliphatic carbocycles. The highest BCUT2D eigenvalue weighted by molar-refractivity contribution is 5.74. The number of aldehydes is 1. The summed E-state index contributed by atoms with van der Waals surface area (Å²) in [5, 5.41) is 48.5. The zero-order chi connectivity index (χ0) is 18.1. The van der Waals surface area contributed by atoms with Gasteiger partial charge in [-0.15, -0.1) is 0 Å². The zero-order valence-corrected chi connectivity index (χ0v) is 13.3. The summed E-state index contributed by atoms with van der Waals surface area (Å²) in [7, 11) is 0. The Morgan fingerprint density at radius 2 is 1.92 bits per heavy atom. The minimum Gasteiger partial charge on any atom is -0.471 e. The van der Waals surface area contributed by atoms with Crippen molar-refractivity contribution in [2.45, 2.75) is 43.4 Å². The molecule has 0 spiro atoms. The summed E-state index contributed by atoms with van der Waals surface area (Å²) >= 11 is 0. The van der Waals surface area contributed by atoms with Gasteiger partial charge in [0.25, 0.3) is 0 Å². The smallest absolute Gasteiger partial charge is 0.208 e. The van der Waals surface area contributed by atoms with Gasteiger partial charge in [-0.3, -0.25) is 4.79 Å². The van der Waals surface area contributed by atoms with Crippen LogP contribution < -0.4 is 0 Å². The number of rotatable bonds is 5. The lowest BCUT2D eigenvalue weighted by molar-refractivity contribution is -0.339. The molecule has 2 heterocycles. The first-order valence-electron chi connectivity index (χ1n) is 8.08. The van der Waals surface area contributed by atoms with Gasteiger partial charge in [0.1, 0.15) is 30.7 Å². The van der Waals surface area contributed by atoms with Crippen LogP contribution in [0, 0.1) is 11.8 Å². The molecule has 25 heavy (non-hydrogen) atoms. The molecule has 0 bridgehead atoms. The molecule has 0 radical (unpaired) electrons. The lowest BCUT2D eigenvalue weighted by Crippen LogP contribution is -2.60. The fourth-order valence-electron chi connectivity index (χ4n) is 3.56. The van der Waals surface area contributed by atoms with E-state index >= 15 is 0 Å². The van der Waals surface area contributed by atoms with Crippen molar-refractivity contribution in [2.75, 3.05) is 13.2 Å². The topological polar surface area (TPSA) is 146 Å². The molecular formula is C16H22O9. The zero-order valence-electron chi connectivity index (χ0n) is 13.3. The lowest BCUT2D eigenvalue weighted by atomic mass is 9.84. The number of hydrogen-bond donors (Lipinski definition) is 5. The van der Waals surface area contributed by atoms with E-state index in [9.17, 15) is 30.3 Å². The van der Waals surface area contributed by atoms with Gasteiger partial charge in [0.05, 0.1) is 25.4 Å². The van der Waals surface area contributed by atoms with E-state index < -0.39 is 49.5 Å². The number of carbonyl (C=O) groups excluding carboxylic acids is 1. The molecular weight excluding hydrogens is 336 g/mol. The molecule has 9 heteroatoms. The first-order chi connectivity index (χ1) is 12.0. The molecule has 8 atom stereocenters. The second-order valence-corrected chi connectivity index (χ2v) is 6.38. The third kappa shape index (κ3) is 3.24. The molecule has 0 saturated carbocycles. The van der Waals surface area contributed by atoms with Crippen molar-refractivity contribution in [3.8, 4) is 0 Å². The van der Waals surface area contributed by atoms with Crippen LogP contribution in [0.1, 0.15) is 6.42 Å². The minimum absolute atomic E-state index is 0.219. The quantitative estimate of drug-likeness (QED) is 0.273. The van der Waals surface area contributed by atoms with Crippen molar-refractivity contribution in [1.29, 1.82) is 0 Å². The number of fused-ring (bicyclic) bond motifs is 1. The third-order valence-corrected chi connectivity index (χ3v) is 4.99. The van der Waals surface area contributed by atoms with Gasteiger partial charge in [-0.2, -0.15) is 0 Å². The molecule has 9 nitrogen and oxygen atoms in total. The van der Waals surface area contributed by atoms with E-state index in [1.165, 1.54) is 6.26 Å². The van der Waals surface area contributed by atoms with Crippen LogP contribution in [0.4, 0.5) is 0 Å². The van der Waals surface area contributed by atoms with Crippen LogP contribution in [0.25, 0.3) is 0 Å². The Labute approximate surface area is 143 Å². The Kier molecular flexibility index (Phi) is 5.54. The maximum atomic E-state index is 11.2. The first-order valence-corrected chi connectivity index (χ1v) is 8.08. The number of carbonyl (C=O) groups is 1. The van der Waals surface area contributed by atoms with Gasteiger partial charge in [-0.25, -0.2) is 0 Å². The largest absolute Gasteiger partial charge is 0.471 e. The molecule has 0 aromatic rings. The van der Waals surface area contributed by atoms with Crippen molar-refractivity contribution >= 4 is 6.29 Å². The van der Waals surface area contributed by atoms with Crippen LogP contribution in [0.5, 0.6) is 0 Å². The van der Waals surface area contributed by atoms with Crippen LogP contribution in [-0.2, 0) is 19.0 Å². The van der Waals surface area contributed by atoms with Crippen molar-refractivity contribution in [1.82, 2.24) is 0 Å². The molecule has 1 fully saturated rings. The van der Waals surface area contributed by atoms with Gasteiger partial charge in [0.15, 0.2) is 6.29 Å². The summed E-state index contributed by atoms with van der Waals surface area (Å²) < 4.78 is 16.4. The molecule has 140 valence electrons. The fraction of sp³-hybridized carbons (Fsp3) is 0.688. The maximum absolute atomic E-state index is 11.2. The Balaban J connectivity index is 1.78. The number of aliphatic hydroxyl groups is 5. The summed E-state index contributed by atoms with van der Waals surface area (Å²) in [5.74, 6) is -0.661. The van der Waals surface area contributed by atoms with E-state index in [-0.39, 0.29) is 12.5 Å². The lowest BCUT2D eigenvalue weighted by Gasteiger charge is -2.42. The van der Waals surface area contributed by atoms with E-state index in [4.69, 9.17) is 14.2 Å². The molecule has 0 amide bonds. The number of allylic oxidation sites excluding steroid dienone is 2. The third-order valence-electron chi connectivity index (χ3n) is 4.99. The highest BCUT2D eigenvalue weighted by Gasteiger charge is 2.48. The monoisotopic (exact) mass is 358 g/mol. The Bertz CT molecular complexity index is 558. The van der Waals surface area contributed by atoms with Gasteiger partial charge in [-0.1, -0.05) is 6.08 Å². The van der Waals surface area contributed by atoms with E-state index in [0.717, 1.165) is 0 Å². The molecule has 5 N–H and O–H groups in total. The Morgan fingerprint density at radius 3 is 2.56 bits per heavy atom. The first kappa shape index (κ1) is 18.5. The summed E-state index contributed by atoms with van der Waals surface area (Å²) in [6.07, 6.45) is -3.70. The fourth-order valence-corrected chi connectivity index (χ4v) is 3.56. The van der Waals surface area contributed by atoms with E-state index in [2.05, 4.69) is 0 Å². The number of hydrogen-bond acceptors (Lipinski definition) is 9. The molecule has 3 rings (SSSR count). The molecule has 2 aliphatic heterocycles. The molecule has 0 aromatic heterocycles. The van der Waals surface area contributed by atoms with Crippen LogP contribution in [0.3, 0.4) is 0 Å². The molecule has 0 unspecified atom stereocenters. The molecule has 1 saturated heterocycles. The van der Waals surface area contributed by atoms with E-state index in [0.29, 0.717) is 23.9 Å². The number of ether oxygens (including phenoxy) is 3. The Morgan fingerprint density at radius 1 is 1.16 bits per heavy atom. The second kappa shape index (κ2) is 7.50. The minimum atomic E-state index is -1.56. The van der Waals surface area contributed by atoms with Gasteiger partial charge >= 0.3 is 0 Å². The van der Waals surface area contributed by atoms with Crippen LogP contribution in [-0.4, -0.2) is 82.0 Å². The van der Waals surface area contributed by atoms with E-state index in [1.54, 1.807) is 0 Å². The second-order valence-electron chi connectivity index (χ2n) is 6.38. The summed E-state index contributed by atoms with van der Waals surface area (Å²) in [6, 6.07) is 0. The van der Waals surface area contributed by atoms with Gasteiger partial charge in [0.2, 0.25) is 6.29 Å². The molecule has 3 aliphatic rings. The standard InChI is InChI=1S/C16H22O9/c17-3-7-1-2-9-8(4-18)6-23-15(11(7)9)25-16-14(22)13(21)12(20)10(5-19)24-16/h1,4,6,9-17,19-22H,2-3,5H2/t9-,10-,11-,12-,13+,14+,15+,16+/m1/s1. The van der Waals surface area contributed by atoms with Crippen molar-refractivity contribution in [2.24, 2.45) is 11.8 Å². The average Bonchev–Trinajstić information content (AvgIpc) is 3.07. The van der Waals surface area contributed by atoms with Gasteiger partial charge in [-0.05, 0) is 12.0 Å². The highest BCUT2D eigenvalue weighted by atomic mass is 16.8. The predicted molar refractivity (Wildman–Crippen MR) is 80.6 cm³/mol. The summed E-state index contributed by atoms with van der Waals surface area (Å²) in [4.78, 5) is 11.2. The van der Waals surface area contributed by atoms with Crippen LogP contribution >= 0.6 is 0 Å². The van der Waals surface area contributed by atoms with Crippen LogP contribution in [0.2, 0.25) is 0 Å². The predicted octanol–water partition coefficient (Wildman–Crippen LogP) is -2.20. The maximum Gasteiger partial charge on any atom is 0.208 e. The SMILES string of the molecule is O=CC1=CO[C@@H](O[C@@H]2O[C@H](CO)[C@@H](O)[C@H](O)[C@@H]2O)[C@@H]2C(CO)=CC[C@H]12. The van der Waals surface area contributed by atoms with E-state index in [1.807, 2.05) is 6.08 Å². The van der Waals surface area contributed by atoms with Crippen molar-refractivity contribution < 1.29 is 44.5 Å². The highest BCUT2D eigenvalue weighted by Crippen LogP contribution is 2.43. The Hall–Kier alpha value is -1.33. The normalized spacial score (nSPS) is 43.7. The summed E-state index contributed by atoms with van der Waals surface area (Å²) in [5.41, 5.74) is 1.09. The van der Waals surface area contributed by atoms with Crippen molar-refractivity contribution in [3.05, 3.63) is 23.5 Å². The van der Waals surface area contributed by atoms with Gasteiger partial charge < -0.3 is 39.7 Å².